The SMILES string of the molecule is O=C(CN(c1ccccc1)S(=O)(=O)c1ccccc1)Nc1ccc(S(=O)(=O)Nc2cccnc2)cc1. The first-order chi connectivity index (χ1) is 17.3. The third kappa shape index (κ3) is 5.88. The van der Waals surface area contributed by atoms with Gasteiger partial charge < -0.3 is 5.32 Å². The van der Waals surface area contributed by atoms with Crippen molar-refractivity contribution in [2.45, 2.75) is 9.79 Å². The minimum atomic E-state index is -4.02. The number of benzene rings is 3. The van der Waals surface area contributed by atoms with Gasteiger partial charge in [0.05, 0.1) is 27.4 Å². The van der Waals surface area contributed by atoms with E-state index in [-0.39, 0.29) is 9.79 Å². The molecule has 0 unspecified atom stereocenters. The van der Waals surface area contributed by atoms with Gasteiger partial charge in [0.1, 0.15) is 6.54 Å². The average molecular weight is 523 g/mol. The third-order valence-electron chi connectivity index (χ3n) is 5.02. The second-order valence-corrected chi connectivity index (χ2v) is 11.1. The van der Waals surface area contributed by atoms with Gasteiger partial charge in [-0.1, -0.05) is 36.4 Å². The standard InChI is InChI=1S/C25H22N4O5S2/c30-25(19-29(22-9-3-1-4-10-22)36(33,34)24-11-5-2-6-12-24)27-20-13-15-23(16-14-20)35(31,32)28-21-8-7-17-26-18-21/h1-18,28H,19H2,(H,27,30). The minimum Gasteiger partial charge on any atom is -0.325 e. The predicted octanol–water partition coefficient (Wildman–Crippen LogP) is 3.72. The number of amides is 1. The van der Waals surface area contributed by atoms with Crippen molar-refractivity contribution in [1.82, 2.24) is 4.98 Å². The van der Waals surface area contributed by atoms with E-state index in [4.69, 9.17) is 0 Å². The quantitative estimate of drug-likeness (QED) is 0.345. The molecule has 0 aliphatic rings. The summed E-state index contributed by atoms with van der Waals surface area (Å²) in [4.78, 5) is 16.8. The molecule has 4 aromatic rings. The van der Waals surface area contributed by atoms with E-state index in [1.807, 2.05) is 0 Å². The molecule has 0 aliphatic carbocycles. The van der Waals surface area contributed by atoms with Gasteiger partial charge in [-0.15, -0.1) is 0 Å². The van der Waals surface area contributed by atoms with Gasteiger partial charge in [-0.05, 0) is 60.7 Å². The molecule has 0 aliphatic heterocycles. The molecule has 0 atom stereocenters. The fourth-order valence-electron chi connectivity index (χ4n) is 3.31. The Hall–Kier alpha value is -4.22. The summed E-state index contributed by atoms with van der Waals surface area (Å²) in [6.45, 7) is -0.482. The van der Waals surface area contributed by atoms with E-state index >= 15 is 0 Å². The van der Waals surface area contributed by atoms with Crippen molar-refractivity contribution >= 4 is 43.0 Å². The van der Waals surface area contributed by atoms with Crippen LogP contribution in [0.5, 0.6) is 0 Å². The van der Waals surface area contributed by atoms with Crippen molar-refractivity contribution in [3.05, 3.63) is 109 Å². The van der Waals surface area contributed by atoms with Crippen LogP contribution in [0.2, 0.25) is 0 Å². The summed E-state index contributed by atoms with van der Waals surface area (Å²) in [6.07, 6.45) is 2.91. The van der Waals surface area contributed by atoms with Crippen molar-refractivity contribution in [3.63, 3.8) is 0 Å². The molecule has 0 fully saturated rings. The molecule has 0 saturated carbocycles. The highest BCUT2D eigenvalue weighted by molar-refractivity contribution is 7.93. The van der Waals surface area contributed by atoms with E-state index in [0.717, 1.165) is 4.31 Å². The number of carbonyl (C=O) groups excluding carboxylic acids is 1. The summed E-state index contributed by atoms with van der Waals surface area (Å²) in [5.41, 5.74) is 0.959. The Labute approximate surface area is 209 Å². The van der Waals surface area contributed by atoms with Gasteiger partial charge in [0.15, 0.2) is 0 Å². The number of pyridine rings is 1. The highest BCUT2D eigenvalue weighted by Gasteiger charge is 2.27. The first kappa shape index (κ1) is 24.9. The fourth-order valence-corrected chi connectivity index (χ4v) is 5.80. The number of rotatable bonds is 9. The van der Waals surface area contributed by atoms with Crippen LogP contribution in [0, 0.1) is 0 Å². The maximum atomic E-state index is 13.3. The average Bonchev–Trinajstić information content (AvgIpc) is 2.89. The van der Waals surface area contributed by atoms with Crippen LogP contribution in [0.4, 0.5) is 17.1 Å². The normalized spacial score (nSPS) is 11.4. The van der Waals surface area contributed by atoms with Gasteiger partial charge in [-0.25, -0.2) is 16.8 Å². The molecular formula is C25H22N4O5S2. The Morgan fingerprint density at radius 1 is 0.722 bits per heavy atom. The smallest absolute Gasteiger partial charge is 0.264 e. The number of sulfonamides is 2. The van der Waals surface area contributed by atoms with Crippen LogP contribution in [0.3, 0.4) is 0 Å². The van der Waals surface area contributed by atoms with E-state index < -0.39 is 32.5 Å². The summed E-state index contributed by atoms with van der Waals surface area (Å²) in [5.74, 6) is -0.595. The second kappa shape index (κ2) is 10.6. The lowest BCUT2D eigenvalue weighted by molar-refractivity contribution is -0.114. The third-order valence-corrected chi connectivity index (χ3v) is 8.21. The lowest BCUT2D eigenvalue weighted by Crippen LogP contribution is -2.38. The first-order valence-electron chi connectivity index (χ1n) is 10.7. The van der Waals surface area contributed by atoms with Crippen LogP contribution in [-0.4, -0.2) is 34.3 Å². The van der Waals surface area contributed by atoms with Crippen LogP contribution >= 0.6 is 0 Å². The van der Waals surface area contributed by atoms with Crippen molar-refractivity contribution in [2.75, 3.05) is 20.9 Å². The Kier molecular flexibility index (Phi) is 7.32. The molecule has 0 bridgehead atoms. The number of nitrogens with one attached hydrogen (secondary N) is 2. The lowest BCUT2D eigenvalue weighted by Gasteiger charge is -2.24. The van der Waals surface area contributed by atoms with Crippen LogP contribution < -0.4 is 14.3 Å². The maximum absolute atomic E-state index is 13.3. The van der Waals surface area contributed by atoms with Gasteiger partial charge in [-0.3, -0.25) is 18.8 Å². The number of carbonyl (C=O) groups is 1. The molecule has 184 valence electrons. The minimum absolute atomic E-state index is 0.0121. The van der Waals surface area contributed by atoms with Crippen molar-refractivity contribution in [1.29, 1.82) is 0 Å². The highest BCUT2D eigenvalue weighted by atomic mass is 32.2. The molecule has 1 heterocycles. The van der Waals surface area contributed by atoms with Crippen LogP contribution in [0.15, 0.2) is 119 Å². The van der Waals surface area contributed by atoms with Crippen LogP contribution in [0.1, 0.15) is 0 Å². The van der Waals surface area contributed by atoms with E-state index in [9.17, 15) is 21.6 Å². The number of para-hydroxylation sites is 1. The van der Waals surface area contributed by atoms with E-state index in [1.165, 1.54) is 48.8 Å². The van der Waals surface area contributed by atoms with Crippen molar-refractivity contribution < 1.29 is 21.6 Å². The molecule has 11 heteroatoms. The van der Waals surface area contributed by atoms with E-state index in [1.54, 1.807) is 60.7 Å². The molecule has 0 saturated heterocycles. The van der Waals surface area contributed by atoms with Crippen LogP contribution in [0.25, 0.3) is 0 Å². The zero-order chi connectivity index (χ0) is 25.6. The Morgan fingerprint density at radius 3 is 1.97 bits per heavy atom. The van der Waals surface area contributed by atoms with Gasteiger partial charge in [0.25, 0.3) is 20.0 Å². The maximum Gasteiger partial charge on any atom is 0.264 e. The zero-order valence-corrected chi connectivity index (χ0v) is 20.5. The van der Waals surface area contributed by atoms with Gasteiger partial charge in [0, 0.05) is 11.9 Å². The van der Waals surface area contributed by atoms with E-state index in [2.05, 4.69) is 15.0 Å². The molecule has 0 radical (unpaired) electrons. The topological polar surface area (TPSA) is 126 Å². The molecule has 1 amide bonds. The summed E-state index contributed by atoms with van der Waals surface area (Å²) >= 11 is 0. The van der Waals surface area contributed by atoms with E-state index in [0.29, 0.717) is 17.1 Å². The molecule has 2 N–H and O–H groups in total. The second-order valence-electron chi connectivity index (χ2n) is 7.58. The molecule has 3 aromatic carbocycles. The highest BCUT2D eigenvalue weighted by Crippen LogP contribution is 2.24. The number of nitrogens with zero attached hydrogens (tertiary/aromatic N) is 2. The molecule has 1 aromatic heterocycles. The molecule has 0 spiro atoms. The fraction of sp³-hybridized carbons (Fsp3) is 0.0400. The number of aromatic nitrogens is 1. The zero-order valence-electron chi connectivity index (χ0n) is 18.9. The molecular weight excluding hydrogens is 500 g/mol. The number of hydrogen-bond donors (Lipinski definition) is 2. The molecule has 9 nitrogen and oxygen atoms in total. The monoisotopic (exact) mass is 522 g/mol. The van der Waals surface area contributed by atoms with Crippen molar-refractivity contribution in [3.8, 4) is 0 Å². The summed E-state index contributed by atoms with van der Waals surface area (Å²) in [5, 5.41) is 2.62. The number of anilines is 3. The predicted molar refractivity (Wildman–Crippen MR) is 138 cm³/mol. The van der Waals surface area contributed by atoms with Gasteiger partial charge >= 0.3 is 0 Å². The summed E-state index contributed by atoms with van der Waals surface area (Å²) in [6, 6.07) is 24.8. The number of hydrogen-bond acceptors (Lipinski definition) is 6. The van der Waals surface area contributed by atoms with Crippen LogP contribution in [-0.2, 0) is 24.8 Å². The molecule has 4 rings (SSSR count). The van der Waals surface area contributed by atoms with Crippen molar-refractivity contribution in [2.24, 2.45) is 0 Å². The molecule has 36 heavy (non-hydrogen) atoms. The summed E-state index contributed by atoms with van der Waals surface area (Å²) in [7, 11) is -7.87. The van der Waals surface area contributed by atoms with Gasteiger partial charge in [0.2, 0.25) is 5.91 Å². The van der Waals surface area contributed by atoms with Gasteiger partial charge in [-0.2, -0.15) is 0 Å². The summed E-state index contributed by atoms with van der Waals surface area (Å²) < 4.78 is 55.2. The Morgan fingerprint density at radius 2 is 1.36 bits per heavy atom. The lowest BCUT2D eigenvalue weighted by atomic mass is 10.3. The largest absolute Gasteiger partial charge is 0.325 e. The Bertz CT molecular complexity index is 1530. The first-order valence-corrected chi connectivity index (χ1v) is 13.6. The Balaban J connectivity index is 1.51.